The van der Waals surface area contributed by atoms with Gasteiger partial charge in [-0.1, -0.05) is 43.3 Å². The molecule has 2 aromatic carbocycles. The molecule has 0 aromatic heterocycles. The Hall–Kier alpha value is -2.22. The second kappa shape index (κ2) is 6.91. The summed E-state index contributed by atoms with van der Waals surface area (Å²) in [5.41, 5.74) is 7.43. The summed E-state index contributed by atoms with van der Waals surface area (Å²) in [6, 6.07) is 12.3. The molecular weight excluding hydrogens is 280 g/mol. The summed E-state index contributed by atoms with van der Waals surface area (Å²) < 4.78 is 0. The minimum Gasteiger partial charge on any atom is -0.302 e. The van der Waals surface area contributed by atoms with Crippen LogP contribution in [0.2, 0.25) is 0 Å². The van der Waals surface area contributed by atoms with Crippen LogP contribution in [0.3, 0.4) is 0 Å². The Morgan fingerprint density at radius 3 is 1.70 bits per heavy atom. The van der Waals surface area contributed by atoms with E-state index in [1.807, 2.05) is 32.0 Å². The first-order valence-corrected chi connectivity index (χ1v) is 8.18. The molecule has 0 heterocycles. The maximum atomic E-state index is 8.69. The van der Waals surface area contributed by atoms with Crippen LogP contribution < -0.4 is 0 Å². The van der Waals surface area contributed by atoms with Gasteiger partial charge in [0.05, 0.1) is 11.4 Å². The summed E-state index contributed by atoms with van der Waals surface area (Å²) in [5, 5.41) is 17.3. The predicted molar refractivity (Wildman–Crippen MR) is 99.4 cm³/mol. The number of rotatable bonds is 5. The van der Waals surface area contributed by atoms with Crippen LogP contribution in [-0.2, 0) is 0 Å². The largest absolute Gasteiger partial charge is 0.302 e. The Labute approximate surface area is 139 Å². The molecule has 0 aliphatic heterocycles. The van der Waals surface area contributed by atoms with E-state index in [0.717, 1.165) is 23.1 Å². The second-order valence-electron chi connectivity index (χ2n) is 6.32. The van der Waals surface area contributed by atoms with Gasteiger partial charge in [-0.05, 0) is 61.9 Å². The molecule has 23 heavy (non-hydrogen) atoms. The minimum absolute atomic E-state index is 0.0253. The molecule has 0 saturated carbocycles. The van der Waals surface area contributed by atoms with Crippen molar-refractivity contribution in [2.75, 3.05) is 0 Å². The highest BCUT2D eigenvalue weighted by Gasteiger charge is 2.24. The molecule has 0 fully saturated rings. The maximum Gasteiger partial charge on any atom is 0.0831 e. The smallest absolute Gasteiger partial charge is 0.0831 e. The van der Waals surface area contributed by atoms with Crippen molar-refractivity contribution in [2.24, 2.45) is 0 Å². The third kappa shape index (κ3) is 3.26. The van der Waals surface area contributed by atoms with Gasteiger partial charge in [0.2, 0.25) is 0 Å². The summed E-state index contributed by atoms with van der Waals surface area (Å²) >= 11 is 0. The maximum absolute atomic E-state index is 8.69. The molecule has 0 saturated heterocycles. The van der Waals surface area contributed by atoms with Crippen LogP contribution in [0.25, 0.3) is 0 Å². The van der Waals surface area contributed by atoms with Crippen molar-refractivity contribution in [3.8, 4) is 0 Å². The Kier molecular flexibility index (Phi) is 5.15. The van der Waals surface area contributed by atoms with Gasteiger partial charge in [-0.3, -0.25) is 5.41 Å². The second-order valence-corrected chi connectivity index (χ2v) is 6.32. The van der Waals surface area contributed by atoms with Gasteiger partial charge in [0.1, 0.15) is 0 Å². The van der Waals surface area contributed by atoms with E-state index in [1.165, 1.54) is 16.7 Å². The van der Waals surface area contributed by atoms with Gasteiger partial charge in [0, 0.05) is 11.5 Å². The fraction of sp³-hybridized carbons (Fsp3) is 0.333. The van der Waals surface area contributed by atoms with Crippen LogP contribution in [0, 0.1) is 38.5 Å². The fourth-order valence-corrected chi connectivity index (χ4v) is 3.45. The first-order valence-electron chi connectivity index (χ1n) is 8.18. The van der Waals surface area contributed by atoms with Gasteiger partial charge in [-0.15, -0.1) is 0 Å². The number of hydrogen-bond donors (Lipinski definition) is 2. The topological polar surface area (TPSA) is 47.7 Å². The predicted octanol–water partition coefficient (Wildman–Crippen LogP) is 5.50. The number of benzene rings is 2. The van der Waals surface area contributed by atoms with Crippen LogP contribution in [0.4, 0.5) is 0 Å². The lowest BCUT2D eigenvalue weighted by atomic mass is 9.81. The molecule has 2 aromatic rings. The van der Waals surface area contributed by atoms with Crippen molar-refractivity contribution in [1.82, 2.24) is 0 Å². The van der Waals surface area contributed by atoms with E-state index in [1.54, 1.807) is 0 Å². The zero-order valence-electron chi connectivity index (χ0n) is 14.7. The van der Waals surface area contributed by atoms with Crippen molar-refractivity contribution in [1.29, 1.82) is 10.8 Å². The lowest BCUT2D eigenvalue weighted by Gasteiger charge is -2.23. The van der Waals surface area contributed by atoms with Crippen molar-refractivity contribution in [2.45, 2.75) is 47.0 Å². The Bertz CT molecular complexity index is 716. The first kappa shape index (κ1) is 17.1. The molecule has 0 radical (unpaired) electrons. The lowest BCUT2D eigenvalue weighted by molar-refractivity contribution is 0.830. The van der Waals surface area contributed by atoms with E-state index in [2.05, 4.69) is 39.0 Å². The van der Waals surface area contributed by atoms with Crippen molar-refractivity contribution >= 4 is 11.4 Å². The van der Waals surface area contributed by atoms with Gasteiger partial charge >= 0.3 is 0 Å². The van der Waals surface area contributed by atoms with Crippen LogP contribution in [0.1, 0.15) is 52.6 Å². The molecule has 2 rings (SSSR count). The van der Waals surface area contributed by atoms with Gasteiger partial charge < -0.3 is 5.41 Å². The SMILES string of the molecule is CCC(C(=N)C(=N)c1c(C)cccc1C)c1c(C)cccc1C. The summed E-state index contributed by atoms with van der Waals surface area (Å²) in [7, 11) is 0. The van der Waals surface area contributed by atoms with Gasteiger partial charge in [0.15, 0.2) is 0 Å². The van der Waals surface area contributed by atoms with E-state index >= 15 is 0 Å². The fourth-order valence-electron chi connectivity index (χ4n) is 3.45. The molecule has 120 valence electrons. The van der Waals surface area contributed by atoms with Crippen molar-refractivity contribution < 1.29 is 0 Å². The number of hydrogen-bond acceptors (Lipinski definition) is 2. The number of aryl methyl sites for hydroxylation is 4. The quantitative estimate of drug-likeness (QED) is 0.685. The molecule has 0 aliphatic carbocycles. The third-order valence-electron chi connectivity index (χ3n) is 4.65. The summed E-state index contributed by atoms with van der Waals surface area (Å²) in [6.45, 7) is 10.3. The lowest BCUT2D eigenvalue weighted by Crippen LogP contribution is -2.24. The molecule has 0 amide bonds. The van der Waals surface area contributed by atoms with Crippen molar-refractivity contribution in [3.63, 3.8) is 0 Å². The van der Waals surface area contributed by atoms with Crippen LogP contribution >= 0.6 is 0 Å². The van der Waals surface area contributed by atoms with E-state index in [4.69, 9.17) is 10.8 Å². The van der Waals surface area contributed by atoms with Gasteiger partial charge in [0.25, 0.3) is 0 Å². The average molecular weight is 306 g/mol. The minimum atomic E-state index is -0.0253. The highest BCUT2D eigenvalue weighted by molar-refractivity contribution is 6.48. The summed E-state index contributed by atoms with van der Waals surface area (Å²) in [6.07, 6.45) is 0.831. The highest BCUT2D eigenvalue weighted by Crippen LogP contribution is 2.29. The Balaban J connectivity index is 2.47. The summed E-state index contributed by atoms with van der Waals surface area (Å²) in [5.74, 6) is -0.0253. The normalized spacial score (nSPS) is 12.0. The molecule has 2 nitrogen and oxygen atoms in total. The van der Waals surface area contributed by atoms with E-state index in [0.29, 0.717) is 11.4 Å². The molecule has 0 spiro atoms. The molecule has 2 N–H and O–H groups in total. The first-order chi connectivity index (χ1) is 10.9. The van der Waals surface area contributed by atoms with Crippen LogP contribution in [0.5, 0.6) is 0 Å². The summed E-state index contributed by atoms with van der Waals surface area (Å²) in [4.78, 5) is 0. The van der Waals surface area contributed by atoms with Crippen LogP contribution in [-0.4, -0.2) is 11.4 Å². The standard InChI is InChI=1S/C21H26N2/c1-6-17(18-13(2)9-7-10-14(18)3)20(22)21(23)19-15(4)11-8-12-16(19)5/h7-12,17,22-23H,6H2,1-5H3. The molecule has 1 unspecified atom stereocenters. The van der Waals surface area contributed by atoms with E-state index < -0.39 is 0 Å². The van der Waals surface area contributed by atoms with Crippen LogP contribution in [0.15, 0.2) is 36.4 Å². The molecule has 0 aliphatic rings. The Morgan fingerprint density at radius 1 is 0.826 bits per heavy atom. The molecule has 2 heteroatoms. The van der Waals surface area contributed by atoms with Crippen molar-refractivity contribution in [3.05, 3.63) is 69.8 Å². The average Bonchev–Trinajstić information content (AvgIpc) is 2.50. The zero-order chi connectivity index (χ0) is 17.1. The molecule has 1 atom stereocenters. The Morgan fingerprint density at radius 2 is 1.26 bits per heavy atom. The monoisotopic (exact) mass is 306 g/mol. The highest BCUT2D eigenvalue weighted by atomic mass is 14.6. The van der Waals surface area contributed by atoms with Gasteiger partial charge in [-0.2, -0.15) is 0 Å². The third-order valence-corrected chi connectivity index (χ3v) is 4.65. The van der Waals surface area contributed by atoms with E-state index in [-0.39, 0.29) is 5.92 Å². The van der Waals surface area contributed by atoms with Gasteiger partial charge in [-0.25, -0.2) is 0 Å². The zero-order valence-corrected chi connectivity index (χ0v) is 14.7. The molecule has 0 bridgehead atoms. The van der Waals surface area contributed by atoms with E-state index in [9.17, 15) is 0 Å². The molecular formula is C21H26N2. The number of nitrogens with one attached hydrogen (secondary N) is 2.